The van der Waals surface area contributed by atoms with E-state index in [1.807, 2.05) is 19.1 Å². The van der Waals surface area contributed by atoms with E-state index in [-0.39, 0.29) is 18.7 Å². The summed E-state index contributed by atoms with van der Waals surface area (Å²) in [6.07, 6.45) is 1.48. The molecule has 1 aromatic carbocycles. The topological polar surface area (TPSA) is 97.8 Å². The van der Waals surface area contributed by atoms with Crippen molar-refractivity contribution in [3.63, 3.8) is 0 Å². The molecule has 1 unspecified atom stereocenters. The van der Waals surface area contributed by atoms with Crippen molar-refractivity contribution in [2.75, 3.05) is 14.2 Å². The Hall–Kier alpha value is -3.09. The summed E-state index contributed by atoms with van der Waals surface area (Å²) < 4.78 is 10.5. The van der Waals surface area contributed by atoms with Gasteiger partial charge < -0.3 is 19.9 Å². The summed E-state index contributed by atoms with van der Waals surface area (Å²) in [6, 6.07) is 7.97. The van der Waals surface area contributed by atoms with Crippen LogP contribution in [0.4, 0.5) is 0 Å². The molecule has 0 aliphatic carbocycles. The van der Waals surface area contributed by atoms with Gasteiger partial charge in [-0.2, -0.15) is 0 Å². The molecule has 2 aromatic rings. The van der Waals surface area contributed by atoms with Gasteiger partial charge in [0.05, 0.1) is 33.1 Å². The Bertz CT molecular complexity index is 774. The van der Waals surface area contributed by atoms with Gasteiger partial charge in [0.2, 0.25) is 5.91 Å². The van der Waals surface area contributed by atoms with Crippen molar-refractivity contribution in [2.45, 2.75) is 25.8 Å². The summed E-state index contributed by atoms with van der Waals surface area (Å²) in [5.41, 5.74) is 2.19. The Kier molecular flexibility index (Phi) is 6.54. The van der Waals surface area contributed by atoms with Crippen LogP contribution in [-0.2, 0) is 16.0 Å². The molecule has 1 heterocycles. The third kappa shape index (κ3) is 5.20. The highest BCUT2D eigenvalue weighted by Crippen LogP contribution is 2.31. The zero-order chi connectivity index (χ0) is 19.1. The van der Waals surface area contributed by atoms with E-state index in [0.29, 0.717) is 17.1 Å². The number of carboxylic acid groups (broad SMARTS) is 1. The number of rotatable bonds is 8. The van der Waals surface area contributed by atoms with Crippen LogP contribution in [0.3, 0.4) is 0 Å². The summed E-state index contributed by atoms with van der Waals surface area (Å²) in [7, 11) is 3.01. The van der Waals surface area contributed by atoms with Crippen LogP contribution in [-0.4, -0.2) is 36.2 Å². The van der Waals surface area contributed by atoms with E-state index < -0.39 is 12.0 Å². The van der Waals surface area contributed by atoms with Crippen molar-refractivity contribution < 1.29 is 24.2 Å². The number of nitrogens with one attached hydrogen (secondary N) is 1. The summed E-state index contributed by atoms with van der Waals surface area (Å²) in [5, 5.41) is 12.0. The largest absolute Gasteiger partial charge is 0.497 e. The predicted molar refractivity (Wildman–Crippen MR) is 95.4 cm³/mol. The van der Waals surface area contributed by atoms with Gasteiger partial charge in [-0.15, -0.1) is 0 Å². The summed E-state index contributed by atoms with van der Waals surface area (Å²) in [6.45, 7) is 1.86. The van der Waals surface area contributed by atoms with E-state index in [0.717, 1.165) is 11.3 Å². The lowest BCUT2D eigenvalue weighted by molar-refractivity contribution is -0.137. The van der Waals surface area contributed by atoms with Crippen LogP contribution in [0.15, 0.2) is 36.5 Å². The van der Waals surface area contributed by atoms with Crippen LogP contribution in [0.2, 0.25) is 0 Å². The molecular formula is C19H22N2O5. The quantitative estimate of drug-likeness (QED) is 0.751. The molecule has 2 N–H and O–H groups in total. The van der Waals surface area contributed by atoms with Gasteiger partial charge >= 0.3 is 5.97 Å². The number of benzene rings is 1. The first kappa shape index (κ1) is 19.2. The number of hydrogen-bond acceptors (Lipinski definition) is 5. The SMILES string of the molecule is COc1ccc(C(CC(=O)O)NC(=O)Cc2ccc(C)nc2)c(OC)c1. The number of ether oxygens (including phenoxy) is 2. The Labute approximate surface area is 152 Å². The standard InChI is InChI=1S/C19H22N2O5/c1-12-4-5-13(11-20-12)8-18(22)21-16(10-19(23)24)15-7-6-14(25-2)9-17(15)26-3/h4-7,9,11,16H,8,10H2,1-3H3,(H,21,22)(H,23,24). The predicted octanol–water partition coefficient (Wildman–Crippen LogP) is 2.28. The minimum absolute atomic E-state index is 0.113. The molecule has 0 saturated carbocycles. The molecule has 0 radical (unpaired) electrons. The molecule has 1 amide bonds. The number of carbonyl (C=O) groups excluding carboxylic acids is 1. The number of pyridine rings is 1. The van der Waals surface area contributed by atoms with Crippen molar-refractivity contribution in [1.82, 2.24) is 10.3 Å². The second-order valence-electron chi connectivity index (χ2n) is 5.81. The van der Waals surface area contributed by atoms with Gasteiger partial charge in [0.25, 0.3) is 0 Å². The molecule has 0 bridgehead atoms. The molecule has 0 aliphatic rings. The number of aryl methyl sites for hydroxylation is 1. The van der Waals surface area contributed by atoms with Gasteiger partial charge in [0.15, 0.2) is 0 Å². The molecule has 26 heavy (non-hydrogen) atoms. The van der Waals surface area contributed by atoms with Crippen LogP contribution in [0.25, 0.3) is 0 Å². The summed E-state index contributed by atoms with van der Waals surface area (Å²) in [4.78, 5) is 27.8. The van der Waals surface area contributed by atoms with Crippen molar-refractivity contribution in [1.29, 1.82) is 0 Å². The lowest BCUT2D eigenvalue weighted by Gasteiger charge is -2.20. The molecule has 1 aromatic heterocycles. The smallest absolute Gasteiger partial charge is 0.305 e. The number of aliphatic carboxylic acids is 1. The minimum Gasteiger partial charge on any atom is -0.497 e. The first-order valence-corrected chi connectivity index (χ1v) is 8.07. The lowest BCUT2D eigenvalue weighted by Crippen LogP contribution is -2.31. The van der Waals surface area contributed by atoms with E-state index in [1.54, 1.807) is 24.4 Å². The number of amides is 1. The number of methoxy groups -OCH3 is 2. The average Bonchev–Trinajstić information content (AvgIpc) is 2.62. The van der Waals surface area contributed by atoms with Crippen LogP contribution < -0.4 is 14.8 Å². The maximum Gasteiger partial charge on any atom is 0.305 e. The monoisotopic (exact) mass is 358 g/mol. The first-order valence-electron chi connectivity index (χ1n) is 8.07. The molecule has 2 rings (SSSR count). The highest BCUT2D eigenvalue weighted by molar-refractivity contribution is 5.80. The minimum atomic E-state index is -1.02. The second kappa shape index (κ2) is 8.84. The van der Waals surface area contributed by atoms with Crippen molar-refractivity contribution in [2.24, 2.45) is 0 Å². The zero-order valence-corrected chi connectivity index (χ0v) is 15.0. The number of carbonyl (C=O) groups is 2. The van der Waals surface area contributed by atoms with Gasteiger partial charge in [0, 0.05) is 23.5 Å². The molecule has 0 fully saturated rings. The number of aromatic nitrogens is 1. The molecule has 0 spiro atoms. The maximum atomic E-state index is 12.4. The Morgan fingerprint density at radius 3 is 2.54 bits per heavy atom. The highest BCUT2D eigenvalue weighted by atomic mass is 16.5. The van der Waals surface area contributed by atoms with Crippen molar-refractivity contribution in [3.8, 4) is 11.5 Å². The van der Waals surface area contributed by atoms with Gasteiger partial charge in [-0.05, 0) is 30.7 Å². The van der Waals surface area contributed by atoms with E-state index in [9.17, 15) is 14.7 Å². The van der Waals surface area contributed by atoms with Crippen LogP contribution in [0.5, 0.6) is 11.5 Å². The van der Waals surface area contributed by atoms with E-state index >= 15 is 0 Å². The van der Waals surface area contributed by atoms with Crippen LogP contribution in [0.1, 0.15) is 29.3 Å². The van der Waals surface area contributed by atoms with Gasteiger partial charge in [-0.1, -0.05) is 6.07 Å². The zero-order valence-electron chi connectivity index (χ0n) is 15.0. The second-order valence-corrected chi connectivity index (χ2v) is 5.81. The summed E-state index contributed by atoms with van der Waals surface area (Å²) >= 11 is 0. The Morgan fingerprint density at radius 2 is 1.96 bits per heavy atom. The van der Waals surface area contributed by atoms with Gasteiger partial charge in [-0.25, -0.2) is 0 Å². The van der Waals surface area contributed by atoms with Crippen molar-refractivity contribution in [3.05, 3.63) is 53.3 Å². The average molecular weight is 358 g/mol. The van der Waals surface area contributed by atoms with Gasteiger partial charge in [-0.3, -0.25) is 14.6 Å². The Balaban J connectivity index is 2.20. The summed E-state index contributed by atoms with van der Waals surface area (Å²) in [5.74, 6) is -0.283. The molecular weight excluding hydrogens is 336 g/mol. The highest BCUT2D eigenvalue weighted by Gasteiger charge is 2.22. The van der Waals surface area contributed by atoms with Crippen LogP contribution >= 0.6 is 0 Å². The van der Waals surface area contributed by atoms with E-state index in [2.05, 4.69) is 10.3 Å². The maximum absolute atomic E-state index is 12.4. The van der Waals surface area contributed by atoms with E-state index in [4.69, 9.17) is 9.47 Å². The molecule has 0 aliphatic heterocycles. The van der Waals surface area contributed by atoms with E-state index in [1.165, 1.54) is 14.2 Å². The molecule has 0 saturated heterocycles. The number of carboxylic acids is 1. The van der Waals surface area contributed by atoms with Crippen molar-refractivity contribution >= 4 is 11.9 Å². The number of hydrogen-bond donors (Lipinski definition) is 2. The Morgan fingerprint density at radius 1 is 1.19 bits per heavy atom. The van der Waals surface area contributed by atoms with Gasteiger partial charge in [0.1, 0.15) is 11.5 Å². The molecule has 138 valence electrons. The fourth-order valence-corrected chi connectivity index (χ4v) is 2.55. The molecule has 7 heteroatoms. The lowest BCUT2D eigenvalue weighted by atomic mass is 10.0. The number of nitrogens with zero attached hydrogens (tertiary/aromatic N) is 1. The van der Waals surface area contributed by atoms with Crippen LogP contribution in [0, 0.1) is 6.92 Å². The molecule has 1 atom stereocenters. The fraction of sp³-hybridized carbons (Fsp3) is 0.316. The molecule has 7 nitrogen and oxygen atoms in total. The normalized spacial score (nSPS) is 11.5. The third-order valence-corrected chi connectivity index (χ3v) is 3.87. The first-order chi connectivity index (χ1) is 12.4. The fourth-order valence-electron chi connectivity index (χ4n) is 2.55. The third-order valence-electron chi connectivity index (χ3n) is 3.87.